The molecule has 0 aliphatic rings. The van der Waals surface area contributed by atoms with E-state index in [0.717, 1.165) is 5.56 Å². The van der Waals surface area contributed by atoms with Gasteiger partial charge in [0.05, 0.1) is 20.3 Å². The van der Waals surface area contributed by atoms with Crippen LogP contribution >= 0.6 is 0 Å². The van der Waals surface area contributed by atoms with Gasteiger partial charge in [-0.25, -0.2) is 0 Å². The minimum absolute atomic E-state index is 0.249. The summed E-state index contributed by atoms with van der Waals surface area (Å²) in [6, 6.07) is 5.37. The molecule has 0 radical (unpaired) electrons. The maximum absolute atomic E-state index is 12.2. The number of amides is 1. The van der Waals surface area contributed by atoms with E-state index < -0.39 is 12.7 Å². The highest BCUT2D eigenvalue weighted by Crippen LogP contribution is 2.29. The first-order valence-corrected chi connectivity index (χ1v) is 9.12. The lowest BCUT2D eigenvalue weighted by molar-refractivity contribution is -0.143. The molecule has 28 heavy (non-hydrogen) atoms. The fraction of sp³-hybridized carbons (Fsp3) is 0.550. The number of alkyl halides is 3. The normalized spacial score (nSPS) is 12.0. The molecule has 0 saturated carbocycles. The van der Waals surface area contributed by atoms with Gasteiger partial charge in [-0.1, -0.05) is 19.9 Å². The van der Waals surface area contributed by atoms with Crippen LogP contribution in [-0.4, -0.2) is 57.4 Å². The molecule has 0 heterocycles. The Balaban J connectivity index is 2.45. The van der Waals surface area contributed by atoms with E-state index in [9.17, 15) is 18.0 Å². The Bertz CT molecular complexity index is 646. The van der Waals surface area contributed by atoms with Crippen molar-refractivity contribution in [1.29, 1.82) is 0 Å². The second-order valence-electron chi connectivity index (χ2n) is 6.95. The van der Waals surface area contributed by atoms with E-state index in [1.165, 1.54) is 18.0 Å². The van der Waals surface area contributed by atoms with E-state index in [0.29, 0.717) is 37.0 Å². The lowest BCUT2D eigenvalue weighted by Crippen LogP contribution is -2.33. The van der Waals surface area contributed by atoms with Gasteiger partial charge in [0.15, 0.2) is 11.5 Å². The maximum Gasteiger partial charge on any atom is 0.401 e. The number of hydrogen-bond donors (Lipinski definition) is 1. The number of rotatable bonds is 11. The van der Waals surface area contributed by atoms with Crippen LogP contribution in [0.5, 0.6) is 11.5 Å². The molecule has 158 valence electrons. The minimum atomic E-state index is -4.21. The van der Waals surface area contributed by atoms with Crippen molar-refractivity contribution in [3.8, 4) is 11.5 Å². The summed E-state index contributed by atoms with van der Waals surface area (Å²) in [7, 11) is 2.95. The second kappa shape index (κ2) is 11.6. The quantitative estimate of drug-likeness (QED) is 0.453. The largest absolute Gasteiger partial charge is 0.493 e. The molecule has 0 unspecified atom stereocenters. The van der Waals surface area contributed by atoms with Gasteiger partial charge in [-0.05, 0) is 49.7 Å². The molecule has 1 rings (SSSR count). The third kappa shape index (κ3) is 10.2. The number of hydrogen-bond acceptors (Lipinski definition) is 4. The van der Waals surface area contributed by atoms with Crippen molar-refractivity contribution in [2.24, 2.45) is 5.92 Å². The predicted octanol–water partition coefficient (Wildman–Crippen LogP) is 3.74. The van der Waals surface area contributed by atoms with E-state index in [1.54, 1.807) is 25.3 Å². The third-order valence-corrected chi connectivity index (χ3v) is 3.65. The molecule has 1 amide bonds. The highest BCUT2D eigenvalue weighted by molar-refractivity contribution is 5.91. The molecule has 0 bridgehead atoms. The van der Waals surface area contributed by atoms with Crippen LogP contribution in [0.25, 0.3) is 6.08 Å². The van der Waals surface area contributed by atoms with E-state index in [-0.39, 0.29) is 12.5 Å². The molecule has 0 spiro atoms. The summed E-state index contributed by atoms with van der Waals surface area (Å²) >= 11 is 0. The summed E-state index contributed by atoms with van der Waals surface area (Å²) in [6.45, 7) is 4.27. The zero-order chi connectivity index (χ0) is 21.2. The van der Waals surface area contributed by atoms with Crippen LogP contribution in [0, 0.1) is 5.92 Å². The molecular weight excluding hydrogens is 373 g/mol. The van der Waals surface area contributed by atoms with Gasteiger partial charge in [0.2, 0.25) is 5.91 Å². The molecule has 8 heteroatoms. The molecule has 0 aliphatic heterocycles. The average Bonchev–Trinajstić information content (AvgIpc) is 2.60. The molecule has 0 aromatic heterocycles. The van der Waals surface area contributed by atoms with Crippen molar-refractivity contribution in [1.82, 2.24) is 10.2 Å². The molecule has 0 saturated heterocycles. The molecule has 0 aliphatic carbocycles. The Morgan fingerprint density at radius 1 is 1.29 bits per heavy atom. The number of ether oxygens (including phenoxy) is 2. The van der Waals surface area contributed by atoms with E-state index >= 15 is 0 Å². The Kier molecular flexibility index (Phi) is 9.85. The summed E-state index contributed by atoms with van der Waals surface area (Å²) in [5.41, 5.74) is 0.772. The van der Waals surface area contributed by atoms with Crippen LogP contribution in [0.3, 0.4) is 0 Å². The fourth-order valence-corrected chi connectivity index (χ4v) is 2.34. The van der Waals surface area contributed by atoms with Crippen LogP contribution in [0.2, 0.25) is 0 Å². The number of nitrogens with zero attached hydrogens (tertiary/aromatic N) is 1. The van der Waals surface area contributed by atoms with Gasteiger partial charge < -0.3 is 14.8 Å². The van der Waals surface area contributed by atoms with E-state index in [1.807, 2.05) is 6.07 Å². The number of carbonyl (C=O) groups excluding carboxylic acids is 1. The Hall–Kier alpha value is -2.22. The number of benzene rings is 1. The van der Waals surface area contributed by atoms with Gasteiger partial charge in [-0.15, -0.1) is 0 Å². The highest BCUT2D eigenvalue weighted by atomic mass is 19.4. The third-order valence-electron chi connectivity index (χ3n) is 3.65. The van der Waals surface area contributed by atoms with Crippen molar-refractivity contribution in [3.63, 3.8) is 0 Å². The van der Waals surface area contributed by atoms with Crippen molar-refractivity contribution < 1.29 is 27.4 Å². The van der Waals surface area contributed by atoms with Gasteiger partial charge in [0, 0.05) is 12.6 Å². The number of nitrogens with one attached hydrogen (secondary N) is 1. The molecule has 1 N–H and O–H groups in total. The molecule has 1 aromatic rings. The topological polar surface area (TPSA) is 50.8 Å². The van der Waals surface area contributed by atoms with Crippen LogP contribution in [0.15, 0.2) is 24.3 Å². The lowest BCUT2D eigenvalue weighted by atomic mass is 10.2. The van der Waals surface area contributed by atoms with Gasteiger partial charge in [-0.2, -0.15) is 13.2 Å². The second-order valence-corrected chi connectivity index (χ2v) is 6.95. The molecular formula is C20H29F3N2O3. The number of methoxy groups -OCH3 is 1. The standard InChI is InChI=1S/C20H29F3N2O3/c1-15(2)13-28-17-8-6-16(12-18(17)27-4)7-9-19(26)24-10-5-11-25(3)14-20(21,22)23/h6-9,12,15H,5,10-11,13-14H2,1-4H3,(H,24,26). The Morgan fingerprint density at radius 2 is 2.00 bits per heavy atom. The fourth-order valence-electron chi connectivity index (χ4n) is 2.34. The lowest BCUT2D eigenvalue weighted by Gasteiger charge is -2.18. The summed E-state index contributed by atoms with van der Waals surface area (Å²) in [5, 5.41) is 2.65. The van der Waals surface area contributed by atoms with Crippen molar-refractivity contribution in [2.75, 3.05) is 40.4 Å². The summed E-state index contributed by atoms with van der Waals surface area (Å²) in [6.07, 6.45) is -0.762. The first kappa shape index (κ1) is 23.8. The summed E-state index contributed by atoms with van der Waals surface area (Å²) in [5.74, 6) is 1.30. The van der Waals surface area contributed by atoms with Gasteiger partial charge >= 0.3 is 6.18 Å². The molecule has 1 aromatic carbocycles. The van der Waals surface area contributed by atoms with E-state index in [4.69, 9.17) is 9.47 Å². The molecule has 5 nitrogen and oxygen atoms in total. The SMILES string of the molecule is COc1cc(C=CC(=O)NCCCN(C)CC(F)(F)F)ccc1OCC(C)C. The van der Waals surface area contributed by atoms with Crippen LogP contribution in [0.4, 0.5) is 13.2 Å². The smallest absolute Gasteiger partial charge is 0.401 e. The zero-order valence-corrected chi connectivity index (χ0v) is 16.8. The monoisotopic (exact) mass is 402 g/mol. The molecule has 0 fully saturated rings. The van der Waals surface area contributed by atoms with Crippen molar-refractivity contribution in [2.45, 2.75) is 26.4 Å². The first-order valence-electron chi connectivity index (χ1n) is 9.12. The van der Waals surface area contributed by atoms with Crippen molar-refractivity contribution >= 4 is 12.0 Å². The maximum atomic E-state index is 12.2. The van der Waals surface area contributed by atoms with Crippen LogP contribution < -0.4 is 14.8 Å². The summed E-state index contributed by atoms with van der Waals surface area (Å²) in [4.78, 5) is 13.0. The highest BCUT2D eigenvalue weighted by Gasteiger charge is 2.28. The Labute approximate surface area is 164 Å². The summed E-state index contributed by atoms with van der Waals surface area (Å²) < 4.78 is 47.7. The van der Waals surface area contributed by atoms with Crippen LogP contribution in [0.1, 0.15) is 25.8 Å². The van der Waals surface area contributed by atoms with Gasteiger partial charge in [0.1, 0.15) is 0 Å². The number of carbonyl (C=O) groups is 1. The van der Waals surface area contributed by atoms with Crippen LogP contribution in [-0.2, 0) is 4.79 Å². The van der Waals surface area contributed by atoms with Gasteiger partial charge in [0.25, 0.3) is 0 Å². The zero-order valence-electron chi connectivity index (χ0n) is 16.8. The predicted molar refractivity (Wildman–Crippen MR) is 104 cm³/mol. The molecule has 0 atom stereocenters. The van der Waals surface area contributed by atoms with E-state index in [2.05, 4.69) is 19.2 Å². The van der Waals surface area contributed by atoms with Gasteiger partial charge in [-0.3, -0.25) is 9.69 Å². The van der Waals surface area contributed by atoms with Crippen molar-refractivity contribution in [3.05, 3.63) is 29.8 Å². The first-order chi connectivity index (χ1) is 13.1. The average molecular weight is 402 g/mol. The minimum Gasteiger partial charge on any atom is -0.493 e. The Morgan fingerprint density at radius 3 is 2.61 bits per heavy atom. The number of halogens is 3.